The lowest BCUT2D eigenvalue weighted by atomic mass is 9.97. The number of halogens is 3. The second kappa shape index (κ2) is 9.82. The number of nitrogens with zero attached hydrogens (tertiary/aromatic N) is 4. The van der Waals surface area contributed by atoms with Crippen molar-refractivity contribution in [3.63, 3.8) is 0 Å². The van der Waals surface area contributed by atoms with E-state index in [0.29, 0.717) is 51.8 Å². The van der Waals surface area contributed by atoms with Crippen LogP contribution in [0.15, 0.2) is 54.6 Å². The van der Waals surface area contributed by atoms with E-state index in [0.717, 1.165) is 27.7 Å². The van der Waals surface area contributed by atoms with Gasteiger partial charge in [-0.15, -0.1) is 0 Å². The van der Waals surface area contributed by atoms with Crippen LogP contribution in [0.3, 0.4) is 0 Å². The SMILES string of the molecule is CC(C)c1cccc(Cl)c1Cn1c(-n2nc(CCCO)c3ccccc32)nc2c(Cl)c(Cl)ccc21. The van der Waals surface area contributed by atoms with Crippen LogP contribution in [0.1, 0.15) is 43.0 Å². The second-order valence-electron chi connectivity index (χ2n) is 8.89. The topological polar surface area (TPSA) is 55.9 Å². The number of rotatable bonds is 7. The first-order valence-electron chi connectivity index (χ1n) is 11.6. The van der Waals surface area contributed by atoms with Gasteiger partial charge in [-0.25, -0.2) is 4.98 Å². The molecule has 0 bridgehead atoms. The molecule has 8 heteroatoms. The number of benzene rings is 3. The average Bonchev–Trinajstić information content (AvgIpc) is 3.40. The van der Waals surface area contributed by atoms with Crippen molar-refractivity contribution >= 4 is 56.7 Å². The van der Waals surface area contributed by atoms with E-state index >= 15 is 0 Å². The number of hydrogen-bond donors (Lipinski definition) is 1. The monoisotopic (exact) mass is 526 g/mol. The highest BCUT2D eigenvalue weighted by molar-refractivity contribution is 6.45. The van der Waals surface area contributed by atoms with Crippen LogP contribution < -0.4 is 0 Å². The average molecular weight is 528 g/mol. The van der Waals surface area contributed by atoms with Gasteiger partial charge in [0.25, 0.3) is 0 Å². The molecule has 5 rings (SSSR count). The van der Waals surface area contributed by atoms with E-state index in [4.69, 9.17) is 44.9 Å². The predicted octanol–water partition coefficient (Wildman–Crippen LogP) is 7.43. The minimum absolute atomic E-state index is 0.109. The Balaban J connectivity index is 1.79. The lowest BCUT2D eigenvalue weighted by Crippen LogP contribution is -2.11. The van der Waals surface area contributed by atoms with E-state index in [2.05, 4.69) is 24.5 Å². The summed E-state index contributed by atoms with van der Waals surface area (Å²) in [6.45, 7) is 4.93. The van der Waals surface area contributed by atoms with Crippen molar-refractivity contribution in [2.75, 3.05) is 6.61 Å². The van der Waals surface area contributed by atoms with Gasteiger partial charge in [0.05, 0.1) is 33.3 Å². The molecule has 1 N–H and O–H groups in total. The first kappa shape index (κ1) is 24.1. The zero-order valence-corrected chi connectivity index (χ0v) is 21.7. The van der Waals surface area contributed by atoms with E-state index in [9.17, 15) is 5.11 Å². The molecule has 2 heterocycles. The molecule has 0 unspecified atom stereocenters. The number of fused-ring (bicyclic) bond motifs is 2. The molecule has 0 fully saturated rings. The van der Waals surface area contributed by atoms with E-state index < -0.39 is 0 Å². The van der Waals surface area contributed by atoms with Gasteiger partial charge in [0.1, 0.15) is 5.52 Å². The van der Waals surface area contributed by atoms with Crippen LogP contribution in [-0.2, 0) is 13.0 Å². The number of aryl methyl sites for hydroxylation is 1. The summed E-state index contributed by atoms with van der Waals surface area (Å²) >= 11 is 19.7. The van der Waals surface area contributed by atoms with E-state index in [1.807, 2.05) is 47.1 Å². The highest BCUT2D eigenvalue weighted by Gasteiger charge is 2.22. The van der Waals surface area contributed by atoms with Crippen LogP contribution in [0, 0.1) is 0 Å². The maximum absolute atomic E-state index is 9.39. The predicted molar refractivity (Wildman–Crippen MR) is 144 cm³/mol. The molecule has 180 valence electrons. The third-order valence-electron chi connectivity index (χ3n) is 6.31. The zero-order valence-electron chi connectivity index (χ0n) is 19.5. The van der Waals surface area contributed by atoms with E-state index in [-0.39, 0.29) is 6.61 Å². The Hall–Kier alpha value is -2.57. The summed E-state index contributed by atoms with van der Waals surface area (Å²) in [4.78, 5) is 4.94. The van der Waals surface area contributed by atoms with Gasteiger partial charge >= 0.3 is 0 Å². The smallest absolute Gasteiger partial charge is 0.232 e. The largest absolute Gasteiger partial charge is 0.396 e. The van der Waals surface area contributed by atoms with Crippen LogP contribution >= 0.6 is 34.8 Å². The fraction of sp³-hybridized carbons (Fsp3) is 0.259. The second-order valence-corrected chi connectivity index (χ2v) is 10.1. The van der Waals surface area contributed by atoms with Gasteiger partial charge in [0.2, 0.25) is 5.95 Å². The molecule has 0 atom stereocenters. The van der Waals surface area contributed by atoms with Crippen molar-refractivity contribution in [3.05, 3.63) is 86.5 Å². The lowest BCUT2D eigenvalue weighted by molar-refractivity contribution is 0.288. The Bertz CT molecular complexity index is 1540. The molecule has 0 saturated heterocycles. The third-order valence-corrected chi connectivity index (χ3v) is 7.46. The standard InChI is InChI=1S/C27H25Cl3N4O/c1-16(2)17-8-5-9-20(28)19(17)15-33-24-13-12-21(29)25(30)26(24)31-27(33)34-23-11-4-3-7-18(23)22(32-34)10-6-14-35/h3-5,7-9,11-13,16,35H,6,10,14-15H2,1-2H3. The minimum atomic E-state index is 0.109. The third kappa shape index (κ3) is 4.31. The zero-order chi connectivity index (χ0) is 24.7. The number of para-hydroxylation sites is 1. The molecule has 0 amide bonds. The van der Waals surface area contributed by atoms with Crippen molar-refractivity contribution in [2.45, 2.75) is 39.2 Å². The number of imidazole rings is 1. The van der Waals surface area contributed by atoms with Crippen molar-refractivity contribution in [2.24, 2.45) is 0 Å². The van der Waals surface area contributed by atoms with Gasteiger partial charge in [0.15, 0.2) is 0 Å². The normalized spacial score (nSPS) is 11.9. The Morgan fingerprint density at radius 3 is 2.49 bits per heavy atom. The minimum Gasteiger partial charge on any atom is -0.396 e. The molecule has 5 aromatic rings. The summed E-state index contributed by atoms with van der Waals surface area (Å²) in [6.07, 6.45) is 1.30. The molecule has 0 radical (unpaired) electrons. The Kier molecular flexibility index (Phi) is 6.78. The summed E-state index contributed by atoms with van der Waals surface area (Å²) < 4.78 is 3.96. The Labute approximate surface area is 218 Å². The van der Waals surface area contributed by atoms with Gasteiger partial charge in [-0.05, 0) is 54.2 Å². The molecular weight excluding hydrogens is 503 g/mol. The van der Waals surface area contributed by atoms with Crippen LogP contribution in [0.2, 0.25) is 15.1 Å². The molecule has 0 spiro atoms. The summed E-state index contributed by atoms with van der Waals surface area (Å²) in [5, 5.41) is 16.9. The fourth-order valence-corrected chi connectivity index (χ4v) is 5.19. The Morgan fingerprint density at radius 2 is 1.71 bits per heavy atom. The number of aliphatic hydroxyl groups is 1. The van der Waals surface area contributed by atoms with Gasteiger partial charge in [-0.3, -0.25) is 0 Å². The molecule has 3 aromatic carbocycles. The first-order chi connectivity index (χ1) is 16.9. The van der Waals surface area contributed by atoms with Gasteiger partial charge in [0, 0.05) is 17.0 Å². The van der Waals surface area contributed by atoms with Gasteiger partial charge in [-0.2, -0.15) is 9.78 Å². The summed E-state index contributed by atoms with van der Waals surface area (Å²) in [7, 11) is 0. The van der Waals surface area contributed by atoms with E-state index in [1.54, 1.807) is 6.07 Å². The maximum Gasteiger partial charge on any atom is 0.232 e. The van der Waals surface area contributed by atoms with E-state index in [1.165, 1.54) is 5.56 Å². The Morgan fingerprint density at radius 1 is 0.914 bits per heavy atom. The van der Waals surface area contributed by atoms with Crippen LogP contribution in [-0.4, -0.2) is 31.0 Å². The maximum atomic E-state index is 9.39. The number of aliphatic hydroxyl groups excluding tert-OH is 1. The number of hydrogen-bond acceptors (Lipinski definition) is 3. The van der Waals surface area contributed by atoms with Crippen LogP contribution in [0.25, 0.3) is 27.9 Å². The number of aromatic nitrogens is 4. The first-order valence-corrected chi connectivity index (χ1v) is 12.7. The quantitative estimate of drug-likeness (QED) is 0.239. The highest BCUT2D eigenvalue weighted by Crippen LogP contribution is 2.35. The van der Waals surface area contributed by atoms with Crippen LogP contribution in [0.5, 0.6) is 0 Å². The van der Waals surface area contributed by atoms with Crippen molar-refractivity contribution in [3.8, 4) is 5.95 Å². The molecule has 0 saturated carbocycles. The highest BCUT2D eigenvalue weighted by atomic mass is 35.5. The molecule has 5 nitrogen and oxygen atoms in total. The summed E-state index contributed by atoms with van der Waals surface area (Å²) in [5.74, 6) is 0.931. The molecule has 0 aliphatic rings. The molecule has 2 aromatic heterocycles. The lowest BCUT2D eigenvalue weighted by Gasteiger charge is -2.17. The summed E-state index contributed by atoms with van der Waals surface area (Å²) in [6, 6.07) is 17.8. The van der Waals surface area contributed by atoms with Crippen molar-refractivity contribution < 1.29 is 5.11 Å². The van der Waals surface area contributed by atoms with Crippen LogP contribution in [0.4, 0.5) is 0 Å². The summed E-state index contributed by atoms with van der Waals surface area (Å²) in [5.41, 5.74) is 5.52. The van der Waals surface area contributed by atoms with Gasteiger partial charge < -0.3 is 9.67 Å². The van der Waals surface area contributed by atoms with Crippen molar-refractivity contribution in [1.29, 1.82) is 0 Å². The fourth-order valence-electron chi connectivity index (χ4n) is 4.60. The van der Waals surface area contributed by atoms with Gasteiger partial charge in [-0.1, -0.05) is 79.0 Å². The molecule has 0 aliphatic carbocycles. The van der Waals surface area contributed by atoms with Crippen molar-refractivity contribution in [1.82, 2.24) is 19.3 Å². The molecular formula is C27H25Cl3N4O. The molecule has 35 heavy (non-hydrogen) atoms. The molecule has 0 aliphatic heterocycles.